The van der Waals surface area contributed by atoms with Gasteiger partial charge in [-0.15, -0.1) is 0 Å². The number of nitroso groups, excluding NO2 is 1. The van der Waals surface area contributed by atoms with Crippen molar-refractivity contribution in [1.29, 1.82) is 0 Å². The Labute approximate surface area is 201 Å². The second-order valence-electron chi connectivity index (χ2n) is 8.23. The van der Waals surface area contributed by atoms with E-state index in [-0.39, 0.29) is 33.3 Å². The molecule has 0 unspecified atom stereocenters. The molecular formula is C27H21N2O5S+. The summed E-state index contributed by atoms with van der Waals surface area (Å²) in [6.07, 6.45) is 0. The summed E-state index contributed by atoms with van der Waals surface area (Å²) in [5.74, 6) is -0.128. The lowest BCUT2D eigenvalue weighted by atomic mass is 9.93. The van der Waals surface area contributed by atoms with E-state index in [0.29, 0.717) is 27.3 Å². The molecule has 5 aromatic rings. The highest BCUT2D eigenvalue weighted by Gasteiger charge is 2.23. The van der Waals surface area contributed by atoms with E-state index in [1.807, 2.05) is 24.3 Å². The monoisotopic (exact) mass is 485 g/mol. The number of aromatic hydroxyl groups is 2. The number of hydrogen-bond donors (Lipinski definition) is 4. The first-order valence-corrected chi connectivity index (χ1v) is 12.3. The second-order valence-corrected chi connectivity index (χ2v) is 9.89. The molecule has 0 heterocycles. The number of fused-ring (bicyclic) bond motifs is 2. The Morgan fingerprint density at radius 3 is 2.23 bits per heavy atom. The lowest BCUT2D eigenvalue weighted by Gasteiger charge is -2.17. The molecular weight excluding hydrogens is 464 g/mol. The van der Waals surface area contributed by atoms with Crippen molar-refractivity contribution in [3.63, 3.8) is 0 Å². The van der Waals surface area contributed by atoms with E-state index >= 15 is 0 Å². The van der Waals surface area contributed by atoms with Gasteiger partial charge in [0.2, 0.25) is 0 Å². The Kier molecular flexibility index (Phi) is 5.37. The summed E-state index contributed by atoms with van der Waals surface area (Å²) in [4.78, 5) is 11.1. The minimum atomic E-state index is -4.11. The summed E-state index contributed by atoms with van der Waals surface area (Å²) in [6, 6.07) is 23.4. The van der Waals surface area contributed by atoms with Gasteiger partial charge < -0.3 is 10.2 Å². The van der Waals surface area contributed by atoms with Gasteiger partial charge in [0.15, 0.2) is 0 Å². The third-order valence-electron chi connectivity index (χ3n) is 6.03. The van der Waals surface area contributed by atoms with Crippen molar-refractivity contribution in [3.8, 4) is 22.6 Å². The van der Waals surface area contributed by atoms with Crippen LogP contribution in [0.2, 0.25) is 0 Å². The highest BCUT2D eigenvalue weighted by molar-refractivity contribution is 7.92. The Morgan fingerprint density at radius 2 is 1.49 bits per heavy atom. The number of hydrogen-bond acceptors (Lipinski definition) is 5. The van der Waals surface area contributed by atoms with Crippen molar-refractivity contribution >= 4 is 42.9 Å². The molecule has 0 aromatic heterocycles. The fourth-order valence-corrected chi connectivity index (χ4v) is 5.67. The molecule has 0 amide bonds. The molecule has 0 fully saturated rings. The minimum absolute atomic E-state index is 0.0480. The van der Waals surface area contributed by atoms with Gasteiger partial charge in [0.05, 0.1) is 10.6 Å². The van der Waals surface area contributed by atoms with Gasteiger partial charge in [-0.1, -0.05) is 60.7 Å². The van der Waals surface area contributed by atoms with Gasteiger partial charge in [0.1, 0.15) is 11.5 Å². The summed E-state index contributed by atoms with van der Waals surface area (Å²) in [5.41, 5.74) is 1.47. The first kappa shape index (κ1) is 22.4. The Balaban J connectivity index is 1.77. The fourth-order valence-electron chi connectivity index (χ4n) is 4.33. The van der Waals surface area contributed by atoms with Crippen molar-refractivity contribution in [3.05, 3.63) is 95.4 Å². The standard InChI is InChI=1S/C27H20N2O5S/c1-16-10-12-18(28-32)14-25(16)35(33,34)29-23-15-22(27(31)21-9-5-4-8-20(21)23)26-19-7-3-2-6-17(19)11-13-24(26)30/h2-15,29-31H,1H3/p+1. The van der Waals surface area contributed by atoms with Gasteiger partial charge in [0, 0.05) is 44.1 Å². The van der Waals surface area contributed by atoms with Crippen LogP contribution >= 0.6 is 0 Å². The number of benzene rings is 5. The fraction of sp³-hybridized carbons (Fsp3) is 0.0370. The van der Waals surface area contributed by atoms with Gasteiger partial charge in [-0.25, -0.2) is 8.42 Å². The van der Waals surface area contributed by atoms with Gasteiger partial charge in [-0.05, 0) is 35.4 Å². The van der Waals surface area contributed by atoms with E-state index in [1.54, 1.807) is 54.6 Å². The van der Waals surface area contributed by atoms with Gasteiger partial charge in [0.25, 0.3) is 15.7 Å². The maximum Gasteiger partial charge on any atom is 0.262 e. The van der Waals surface area contributed by atoms with Crippen LogP contribution in [-0.4, -0.2) is 18.6 Å². The first-order valence-electron chi connectivity index (χ1n) is 10.8. The smallest absolute Gasteiger partial charge is 0.262 e. The number of aryl methyl sites for hydroxylation is 1. The number of nitrogens with one attached hydrogen (secondary N) is 2. The zero-order valence-corrected chi connectivity index (χ0v) is 19.4. The number of rotatable bonds is 5. The van der Waals surface area contributed by atoms with Crippen LogP contribution in [0.15, 0.2) is 89.8 Å². The quantitative estimate of drug-likeness (QED) is 0.270. The van der Waals surface area contributed by atoms with Crippen LogP contribution in [0.3, 0.4) is 0 Å². The van der Waals surface area contributed by atoms with E-state index < -0.39 is 10.0 Å². The van der Waals surface area contributed by atoms with E-state index in [0.717, 1.165) is 5.39 Å². The highest BCUT2D eigenvalue weighted by atomic mass is 32.2. The van der Waals surface area contributed by atoms with Gasteiger partial charge >= 0.3 is 0 Å². The van der Waals surface area contributed by atoms with Crippen molar-refractivity contribution in [2.75, 3.05) is 4.72 Å². The first-order chi connectivity index (χ1) is 16.8. The summed E-state index contributed by atoms with van der Waals surface area (Å²) >= 11 is 0. The highest BCUT2D eigenvalue weighted by Crippen LogP contribution is 2.46. The predicted octanol–water partition coefficient (Wildman–Crippen LogP) is 4.66. The minimum Gasteiger partial charge on any atom is -0.507 e. The topological polar surface area (TPSA) is 118 Å². The van der Waals surface area contributed by atoms with Crippen LogP contribution in [0.5, 0.6) is 11.5 Å². The van der Waals surface area contributed by atoms with Crippen molar-refractivity contribution in [2.24, 2.45) is 0 Å². The third kappa shape index (κ3) is 3.83. The van der Waals surface area contributed by atoms with Crippen LogP contribution in [0, 0.1) is 11.8 Å². The van der Waals surface area contributed by atoms with Crippen molar-refractivity contribution in [2.45, 2.75) is 11.8 Å². The molecule has 5 aromatic carbocycles. The SMILES string of the molecule is Cc1ccc([NH+]=O)cc1S(=O)(=O)Nc1cc(-c2c(O)ccc3ccccc23)c(O)c2ccccc12. The molecule has 7 nitrogen and oxygen atoms in total. The molecule has 0 atom stereocenters. The number of phenolic OH excluding ortho intramolecular Hbond substituents is 2. The van der Waals surface area contributed by atoms with Crippen molar-refractivity contribution in [1.82, 2.24) is 0 Å². The maximum atomic E-state index is 13.4. The summed E-state index contributed by atoms with van der Waals surface area (Å²) in [5, 5.41) is 26.2. The Bertz CT molecular complexity index is 1750. The molecule has 0 spiro atoms. The van der Waals surface area contributed by atoms with Crippen LogP contribution in [0.4, 0.5) is 11.4 Å². The third-order valence-corrected chi connectivity index (χ3v) is 7.54. The molecule has 0 bridgehead atoms. The molecule has 8 heteroatoms. The molecule has 0 radical (unpaired) electrons. The van der Waals surface area contributed by atoms with E-state index in [9.17, 15) is 23.5 Å². The average molecular weight is 486 g/mol. The molecule has 174 valence electrons. The van der Waals surface area contributed by atoms with Crippen LogP contribution in [0.1, 0.15) is 5.56 Å². The van der Waals surface area contributed by atoms with Gasteiger partial charge in [-0.2, -0.15) is 0 Å². The normalized spacial score (nSPS) is 11.6. The largest absolute Gasteiger partial charge is 0.507 e. The molecule has 0 aliphatic rings. The summed E-state index contributed by atoms with van der Waals surface area (Å²) in [6.45, 7) is 1.64. The molecule has 35 heavy (non-hydrogen) atoms. The molecule has 0 aliphatic carbocycles. The number of phenols is 2. The Morgan fingerprint density at radius 1 is 0.800 bits per heavy atom. The predicted molar refractivity (Wildman–Crippen MR) is 136 cm³/mol. The van der Waals surface area contributed by atoms with Gasteiger partial charge in [-0.3, -0.25) is 4.72 Å². The zero-order valence-electron chi connectivity index (χ0n) is 18.6. The van der Waals surface area contributed by atoms with E-state index in [1.165, 1.54) is 18.2 Å². The van der Waals surface area contributed by atoms with Crippen LogP contribution in [0.25, 0.3) is 32.7 Å². The van der Waals surface area contributed by atoms with E-state index in [4.69, 9.17) is 0 Å². The molecule has 4 N–H and O–H groups in total. The summed E-state index contributed by atoms with van der Waals surface area (Å²) in [7, 11) is -4.11. The lowest BCUT2D eigenvalue weighted by molar-refractivity contribution is -0.379. The molecule has 5 rings (SSSR count). The lowest BCUT2D eigenvalue weighted by Crippen LogP contribution is -2.55. The second kappa shape index (κ2) is 8.41. The summed E-state index contributed by atoms with van der Waals surface area (Å²) < 4.78 is 29.4. The number of sulfonamides is 1. The van der Waals surface area contributed by atoms with Crippen LogP contribution in [-0.2, 0) is 10.0 Å². The van der Waals surface area contributed by atoms with Crippen LogP contribution < -0.4 is 9.90 Å². The number of anilines is 1. The molecule has 0 saturated heterocycles. The molecule has 0 saturated carbocycles. The van der Waals surface area contributed by atoms with Crippen molar-refractivity contribution < 1.29 is 23.8 Å². The maximum absolute atomic E-state index is 13.4. The molecule has 0 aliphatic heterocycles. The Hall–Kier alpha value is -4.43. The average Bonchev–Trinajstić information content (AvgIpc) is 2.86. The van der Waals surface area contributed by atoms with E-state index in [2.05, 4.69) is 4.72 Å². The zero-order chi connectivity index (χ0) is 24.7.